The second-order valence-corrected chi connectivity index (χ2v) is 9.91. The lowest BCUT2D eigenvalue weighted by Gasteiger charge is -2.21. The van der Waals surface area contributed by atoms with Gasteiger partial charge in [0.2, 0.25) is 0 Å². The molecule has 0 spiro atoms. The van der Waals surface area contributed by atoms with E-state index in [2.05, 4.69) is 47.8 Å². The molecule has 0 rings (SSSR count). The lowest BCUT2D eigenvalue weighted by molar-refractivity contribution is 0.114. The van der Waals surface area contributed by atoms with Crippen LogP contribution >= 0.6 is 55.6 Å². The van der Waals surface area contributed by atoms with E-state index in [9.17, 15) is 4.57 Å². The van der Waals surface area contributed by atoms with Crippen LogP contribution in [0.5, 0.6) is 0 Å². The van der Waals surface area contributed by atoms with Gasteiger partial charge in [0.25, 0.3) is 0 Å². The zero-order valence-electron chi connectivity index (χ0n) is 12.2. The zero-order valence-corrected chi connectivity index (χ0v) is 17.8. The first kappa shape index (κ1) is 21.6. The van der Waals surface area contributed by atoms with Gasteiger partial charge in [-0.05, 0) is 19.3 Å². The molecule has 20 heavy (non-hydrogen) atoms. The average molecular weight is 503 g/mol. The molecule has 0 aromatic heterocycles. The molecule has 4 nitrogen and oxygen atoms in total. The minimum atomic E-state index is -3.51. The van der Waals surface area contributed by atoms with Crippen molar-refractivity contribution in [3.63, 3.8) is 0 Å². The van der Waals surface area contributed by atoms with E-state index in [0.29, 0.717) is 19.8 Å². The Morgan fingerprint density at radius 1 is 0.750 bits per heavy atom. The maximum absolute atomic E-state index is 12.5. The molecular weight excluding hydrogens is 479 g/mol. The van der Waals surface area contributed by atoms with Crippen LogP contribution in [0.4, 0.5) is 0 Å². The van der Waals surface area contributed by atoms with Gasteiger partial charge >= 0.3 is 7.82 Å². The number of hydrogen-bond donors (Lipinski definition) is 0. The molecule has 0 saturated heterocycles. The highest BCUT2D eigenvalue weighted by Crippen LogP contribution is 2.50. The van der Waals surface area contributed by atoms with Crippen LogP contribution < -0.4 is 0 Å². The second kappa shape index (κ2) is 12.0. The van der Waals surface area contributed by atoms with Crippen LogP contribution in [0.15, 0.2) is 0 Å². The maximum Gasteiger partial charge on any atom is 0.474 e. The SMILES string of the molecule is CCC(Br)COP(=O)(OCC(Br)CC)OCC(Br)CC. The molecule has 0 aliphatic rings. The van der Waals surface area contributed by atoms with Crippen molar-refractivity contribution >= 4 is 55.6 Å². The van der Waals surface area contributed by atoms with Gasteiger partial charge in [-0.15, -0.1) is 0 Å². The molecule has 0 saturated carbocycles. The summed E-state index contributed by atoms with van der Waals surface area (Å²) in [5.41, 5.74) is 0. The summed E-state index contributed by atoms with van der Waals surface area (Å²) >= 11 is 10.3. The molecule has 0 aliphatic heterocycles. The van der Waals surface area contributed by atoms with E-state index >= 15 is 0 Å². The third-order valence-corrected chi connectivity index (χ3v) is 6.70. The van der Waals surface area contributed by atoms with Gasteiger partial charge in [0.1, 0.15) is 0 Å². The quantitative estimate of drug-likeness (QED) is 0.255. The van der Waals surface area contributed by atoms with Crippen molar-refractivity contribution in [1.29, 1.82) is 0 Å². The minimum Gasteiger partial charge on any atom is -0.286 e. The van der Waals surface area contributed by atoms with Crippen molar-refractivity contribution in [3.05, 3.63) is 0 Å². The highest BCUT2D eigenvalue weighted by Gasteiger charge is 2.29. The monoisotopic (exact) mass is 500 g/mol. The Morgan fingerprint density at radius 2 is 1.00 bits per heavy atom. The van der Waals surface area contributed by atoms with Gasteiger partial charge in [0.05, 0.1) is 19.8 Å². The van der Waals surface area contributed by atoms with Gasteiger partial charge in [-0.3, -0.25) is 13.6 Å². The zero-order chi connectivity index (χ0) is 15.6. The molecule has 0 bridgehead atoms. The molecule has 0 fully saturated rings. The molecule has 8 heteroatoms. The van der Waals surface area contributed by atoms with Crippen molar-refractivity contribution in [2.24, 2.45) is 0 Å². The Morgan fingerprint density at radius 3 is 1.20 bits per heavy atom. The van der Waals surface area contributed by atoms with Gasteiger partial charge < -0.3 is 0 Å². The summed E-state index contributed by atoms with van der Waals surface area (Å²) in [5, 5.41) is 0. The van der Waals surface area contributed by atoms with E-state index in [1.807, 2.05) is 20.8 Å². The van der Waals surface area contributed by atoms with Gasteiger partial charge in [-0.2, -0.15) is 0 Å². The van der Waals surface area contributed by atoms with Crippen molar-refractivity contribution in [2.75, 3.05) is 19.8 Å². The molecule has 3 unspecified atom stereocenters. The Balaban J connectivity index is 4.45. The summed E-state index contributed by atoms with van der Waals surface area (Å²) in [5.74, 6) is 0. The molecule has 0 aromatic rings. The third-order valence-electron chi connectivity index (χ3n) is 2.57. The largest absolute Gasteiger partial charge is 0.474 e. The van der Waals surface area contributed by atoms with E-state index in [-0.39, 0.29) is 14.5 Å². The topological polar surface area (TPSA) is 44.8 Å². The number of alkyl halides is 3. The predicted octanol–water partition coefficient (Wildman–Crippen LogP) is 5.66. The van der Waals surface area contributed by atoms with Crippen molar-refractivity contribution in [3.8, 4) is 0 Å². The van der Waals surface area contributed by atoms with Gasteiger partial charge in [-0.25, -0.2) is 4.57 Å². The summed E-state index contributed by atoms with van der Waals surface area (Å²) in [4.78, 5) is 0.416. The van der Waals surface area contributed by atoms with E-state index < -0.39 is 7.82 Å². The van der Waals surface area contributed by atoms with Crippen molar-refractivity contribution < 1.29 is 18.1 Å². The molecule has 0 radical (unpaired) electrons. The highest BCUT2D eigenvalue weighted by molar-refractivity contribution is 9.10. The maximum atomic E-state index is 12.5. The Labute approximate surface area is 147 Å². The fraction of sp³-hybridized carbons (Fsp3) is 1.00. The third kappa shape index (κ3) is 10.3. The van der Waals surface area contributed by atoms with Crippen LogP contribution in [0.1, 0.15) is 40.0 Å². The first-order valence-corrected chi connectivity index (χ1v) is 11.0. The van der Waals surface area contributed by atoms with Gasteiger partial charge in [-0.1, -0.05) is 68.6 Å². The molecule has 0 heterocycles. The number of phosphoric acid groups is 1. The molecular formula is C12H24Br3O4P. The summed E-state index contributed by atoms with van der Waals surface area (Å²) in [6.45, 7) is 6.95. The van der Waals surface area contributed by atoms with E-state index in [4.69, 9.17) is 13.6 Å². The van der Waals surface area contributed by atoms with Crippen LogP contribution in [0.25, 0.3) is 0 Å². The van der Waals surface area contributed by atoms with Crippen LogP contribution in [0.2, 0.25) is 0 Å². The standard InChI is InChI=1S/C12H24Br3O4P/c1-4-10(13)7-17-20(16,18-8-11(14)5-2)19-9-12(15)6-3/h10-12H,4-9H2,1-3H3. The normalized spacial score (nSPS) is 19.3. The smallest absolute Gasteiger partial charge is 0.286 e. The Kier molecular flexibility index (Phi) is 13.0. The summed E-state index contributed by atoms with van der Waals surface area (Å²) in [7, 11) is -3.51. The second-order valence-electron chi connectivity index (χ2n) is 4.35. The number of hydrogen-bond acceptors (Lipinski definition) is 4. The van der Waals surface area contributed by atoms with Crippen LogP contribution in [-0.2, 0) is 18.1 Å². The molecule has 0 aromatic carbocycles. The number of rotatable bonds is 12. The van der Waals surface area contributed by atoms with Gasteiger partial charge in [0, 0.05) is 14.5 Å². The number of halogens is 3. The molecule has 3 atom stereocenters. The lowest BCUT2D eigenvalue weighted by atomic mass is 10.4. The molecule has 0 aliphatic carbocycles. The van der Waals surface area contributed by atoms with E-state index in [1.54, 1.807) is 0 Å². The molecule has 0 amide bonds. The van der Waals surface area contributed by atoms with Crippen LogP contribution in [-0.4, -0.2) is 34.3 Å². The minimum absolute atomic E-state index is 0.139. The lowest BCUT2D eigenvalue weighted by Crippen LogP contribution is -2.15. The van der Waals surface area contributed by atoms with E-state index in [0.717, 1.165) is 19.3 Å². The fourth-order valence-corrected chi connectivity index (χ4v) is 3.30. The molecule has 122 valence electrons. The predicted molar refractivity (Wildman–Crippen MR) is 94.5 cm³/mol. The molecule has 0 N–H and O–H groups in total. The first-order chi connectivity index (χ1) is 9.36. The van der Waals surface area contributed by atoms with E-state index in [1.165, 1.54) is 0 Å². The first-order valence-electron chi connectivity index (χ1n) is 6.82. The number of phosphoric ester groups is 1. The Bertz CT molecular complexity index is 251. The van der Waals surface area contributed by atoms with Crippen molar-refractivity contribution in [1.82, 2.24) is 0 Å². The highest BCUT2D eigenvalue weighted by atomic mass is 79.9. The average Bonchev–Trinajstić information content (AvgIpc) is 2.47. The Hall–Kier alpha value is 1.55. The van der Waals surface area contributed by atoms with Crippen LogP contribution in [0, 0.1) is 0 Å². The van der Waals surface area contributed by atoms with Crippen LogP contribution in [0.3, 0.4) is 0 Å². The van der Waals surface area contributed by atoms with Crippen molar-refractivity contribution in [2.45, 2.75) is 54.5 Å². The summed E-state index contributed by atoms with van der Waals surface area (Å²) in [6, 6.07) is 0. The summed E-state index contributed by atoms with van der Waals surface area (Å²) < 4.78 is 28.7. The fourth-order valence-electron chi connectivity index (χ4n) is 0.982. The van der Waals surface area contributed by atoms with Gasteiger partial charge in [0.15, 0.2) is 0 Å². The summed E-state index contributed by atoms with van der Waals surface area (Å²) in [6.07, 6.45) is 2.64.